The number of thioether (sulfide) groups is 1. The number of Topliss-reactive ketones (excluding diaryl/α,β-unsaturated/α-hetero) is 1. The molecule has 0 spiro atoms. The molecule has 0 aliphatic heterocycles. The van der Waals surface area contributed by atoms with Crippen molar-refractivity contribution in [3.8, 4) is 0 Å². The summed E-state index contributed by atoms with van der Waals surface area (Å²) in [7, 11) is 0. The molecule has 2 nitrogen and oxygen atoms in total. The van der Waals surface area contributed by atoms with Crippen LogP contribution in [0.2, 0.25) is 0 Å². The first kappa shape index (κ1) is 16.3. The Labute approximate surface area is 121 Å². The maximum absolute atomic E-state index is 12.0. The minimum absolute atomic E-state index is 0.243. The SMILES string of the molecule is CCc1ccc(C(=O)CSCCN(CC)CC)cc1. The van der Waals surface area contributed by atoms with Crippen LogP contribution in [-0.4, -0.2) is 41.8 Å². The van der Waals surface area contributed by atoms with E-state index in [0.717, 1.165) is 37.4 Å². The Balaban J connectivity index is 2.30. The molecule has 106 valence electrons. The molecule has 1 rings (SSSR count). The van der Waals surface area contributed by atoms with Gasteiger partial charge in [-0.25, -0.2) is 0 Å². The minimum Gasteiger partial charge on any atom is -0.303 e. The number of nitrogens with zero attached hydrogens (tertiary/aromatic N) is 1. The van der Waals surface area contributed by atoms with Crippen LogP contribution in [0.25, 0.3) is 0 Å². The van der Waals surface area contributed by atoms with Gasteiger partial charge in [-0.15, -0.1) is 0 Å². The predicted octanol–water partition coefficient (Wildman–Crippen LogP) is 3.51. The molecule has 1 aromatic carbocycles. The molecule has 0 saturated heterocycles. The van der Waals surface area contributed by atoms with Crippen molar-refractivity contribution < 1.29 is 4.79 Å². The molecule has 1 aromatic rings. The van der Waals surface area contributed by atoms with Crippen molar-refractivity contribution in [1.29, 1.82) is 0 Å². The van der Waals surface area contributed by atoms with Crippen LogP contribution in [0.5, 0.6) is 0 Å². The summed E-state index contributed by atoms with van der Waals surface area (Å²) < 4.78 is 0. The van der Waals surface area contributed by atoms with Crippen LogP contribution in [0.3, 0.4) is 0 Å². The summed E-state index contributed by atoms with van der Waals surface area (Å²) in [5.74, 6) is 1.86. The van der Waals surface area contributed by atoms with Gasteiger partial charge in [0.15, 0.2) is 5.78 Å². The van der Waals surface area contributed by atoms with Crippen molar-refractivity contribution in [2.75, 3.05) is 31.1 Å². The smallest absolute Gasteiger partial charge is 0.172 e. The zero-order valence-corrected chi connectivity index (χ0v) is 13.1. The molecule has 0 N–H and O–H groups in total. The van der Waals surface area contributed by atoms with Gasteiger partial charge in [0.2, 0.25) is 0 Å². The molecule has 19 heavy (non-hydrogen) atoms. The Morgan fingerprint density at radius 2 is 1.74 bits per heavy atom. The van der Waals surface area contributed by atoms with E-state index in [2.05, 4.69) is 25.7 Å². The Morgan fingerprint density at radius 3 is 2.26 bits per heavy atom. The number of carbonyl (C=O) groups excluding carboxylic acids is 1. The van der Waals surface area contributed by atoms with E-state index in [0.29, 0.717) is 5.75 Å². The van der Waals surface area contributed by atoms with E-state index in [1.165, 1.54) is 5.56 Å². The Bertz CT molecular complexity index is 371. The molecule has 3 heteroatoms. The number of rotatable bonds is 9. The van der Waals surface area contributed by atoms with Gasteiger partial charge in [0.1, 0.15) is 0 Å². The third-order valence-corrected chi connectivity index (χ3v) is 4.30. The molecule has 0 amide bonds. The van der Waals surface area contributed by atoms with Crippen LogP contribution < -0.4 is 0 Å². The lowest BCUT2D eigenvalue weighted by Gasteiger charge is -2.17. The second-order valence-electron chi connectivity index (χ2n) is 4.55. The lowest BCUT2D eigenvalue weighted by Crippen LogP contribution is -2.25. The molecule has 0 aromatic heterocycles. The minimum atomic E-state index is 0.243. The van der Waals surface area contributed by atoms with Gasteiger partial charge in [-0.1, -0.05) is 45.0 Å². The normalized spacial score (nSPS) is 10.9. The van der Waals surface area contributed by atoms with Gasteiger partial charge in [-0.2, -0.15) is 11.8 Å². The highest BCUT2D eigenvalue weighted by Gasteiger charge is 2.06. The Hall–Kier alpha value is -0.800. The number of benzene rings is 1. The molecule has 0 heterocycles. The second kappa shape index (κ2) is 9.16. The summed E-state index contributed by atoms with van der Waals surface area (Å²) in [5, 5.41) is 0. The molecular formula is C16H25NOS. The van der Waals surface area contributed by atoms with Crippen LogP contribution in [-0.2, 0) is 6.42 Å². The van der Waals surface area contributed by atoms with Crippen LogP contribution in [0.15, 0.2) is 24.3 Å². The van der Waals surface area contributed by atoms with E-state index in [4.69, 9.17) is 0 Å². The number of hydrogen-bond acceptors (Lipinski definition) is 3. The Kier molecular flexibility index (Phi) is 7.84. The first-order valence-corrected chi connectivity index (χ1v) is 8.28. The molecule has 0 aliphatic rings. The van der Waals surface area contributed by atoms with Crippen LogP contribution >= 0.6 is 11.8 Å². The summed E-state index contributed by atoms with van der Waals surface area (Å²) in [5.41, 5.74) is 2.12. The van der Waals surface area contributed by atoms with Gasteiger partial charge in [0, 0.05) is 17.9 Å². The fourth-order valence-electron chi connectivity index (χ4n) is 1.91. The first-order chi connectivity index (χ1) is 9.21. The highest BCUT2D eigenvalue weighted by molar-refractivity contribution is 8.00. The van der Waals surface area contributed by atoms with Crippen molar-refractivity contribution in [3.05, 3.63) is 35.4 Å². The zero-order chi connectivity index (χ0) is 14.1. The van der Waals surface area contributed by atoms with E-state index < -0.39 is 0 Å². The standard InChI is InChI=1S/C16H25NOS/c1-4-14-7-9-15(10-8-14)16(18)13-19-12-11-17(5-2)6-3/h7-10H,4-6,11-13H2,1-3H3. The highest BCUT2D eigenvalue weighted by Crippen LogP contribution is 2.10. The summed E-state index contributed by atoms with van der Waals surface area (Å²) in [6.07, 6.45) is 1.02. The molecule has 0 saturated carbocycles. The lowest BCUT2D eigenvalue weighted by atomic mass is 10.1. The van der Waals surface area contributed by atoms with Crippen LogP contribution in [0, 0.1) is 0 Å². The van der Waals surface area contributed by atoms with Gasteiger partial charge in [0.05, 0.1) is 5.75 Å². The lowest BCUT2D eigenvalue weighted by molar-refractivity contribution is 0.102. The van der Waals surface area contributed by atoms with Crippen molar-refractivity contribution in [2.24, 2.45) is 0 Å². The first-order valence-electron chi connectivity index (χ1n) is 7.13. The van der Waals surface area contributed by atoms with Crippen molar-refractivity contribution in [3.63, 3.8) is 0 Å². The number of ketones is 1. The van der Waals surface area contributed by atoms with Crippen molar-refractivity contribution in [1.82, 2.24) is 4.90 Å². The van der Waals surface area contributed by atoms with E-state index in [1.807, 2.05) is 24.3 Å². The fraction of sp³-hybridized carbons (Fsp3) is 0.562. The molecule has 0 aliphatic carbocycles. The summed E-state index contributed by atoms with van der Waals surface area (Å²) in [6.45, 7) is 9.72. The van der Waals surface area contributed by atoms with Gasteiger partial charge in [0.25, 0.3) is 0 Å². The van der Waals surface area contributed by atoms with E-state index in [1.54, 1.807) is 11.8 Å². The molecule has 0 fully saturated rings. The second-order valence-corrected chi connectivity index (χ2v) is 5.66. The molecular weight excluding hydrogens is 254 g/mol. The summed E-state index contributed by atoms with van der Waals surface area (Å²) in [4.78, 5) is 14.4. The van der Waals surface area contributed by atoms with Gasteiger partial charge < -0.3 is 4.90 Å². The molecule has 0 unspecified atom stereocenters. The maximum atomic E-state index is 12.0. The topological polar surface area (TPSA) is 20.3 Å². The van der Waals surface area contributed by atoms with E-state index in [-0.39, 0.29) is 5.78 Å². The molecule has 0 atom stereocenters. The van der Waals surface area contributed by atoms with Gasteiger partial charge in [-0.3, -0.25) is 4.79 Å². The number of carbonyl (C=O) groups is 1. The fourth-order valence-corrected chi connectivity index (χ4v) is 2.79. The average molecular weight is 279 g/mol. The zero-order valence-electron chi connectivity index (χ0n) is 12.3. The quantitative estimate of drug-likeness (QED) is 0.510. The average Bonchev–Trinajstić information content (AvgIpc) is 2.47. The van der Waals surface area contributed by atoms with Crippen LogP contribution in [0.1, 0.15) is 36.7 Å². The van der Waals surface area contributed by atoms with Gasteiger partial charge >= 0.3 is 0 Å². The third-order valence-electron chi connectivity index (χ3n) is 3.36. The largest absolute Gasteiger partial charge is 0.303 e. The summed E-state index contributed by atoms with van der Waals surface area (Å²) >= 11 is 1.73. The predicted molar refractivity (Wildman–Crippen MR) is 85.3 cm³/mol. The van der Waals surface area contributed by atoms with Crippen molar-refractivity contribution in [2.45, 2.75) is 27.2 Å². The summed E-state index contributed by atoms with van der Waals surface area (Å²) in [6, 6.07) is 8.00. The van der Waals surface area contributed by atoms with Crippen molar-refractivity contribution >= 4 is 17.5 Å². The maximum Gasteiger partial charge on any atom is 0.172 e. The molecule has 0 bridgehead atoms. The number of hydrogen-bond donors (Lipinski definition) is 0. The number of aryl methyl sites for hydroxylation is 1. The third kappa shape index (κ3) is 5.79. The monoisotopic (exact) mass is 279 g/mol. The van der Waals surface area contributed by atoms with Gasteiger partial charge in [-0.05, 0) is 25.1 Å². The van der Waals surface area contributed by atoms with E-state index >= 15 is 0 Å². The molecule has 0 radical (unpaired) electrons. The van der Waals surface area contributed by atoms with E-state index in [9.17, 15) is 4.79 Å². The Morgan fingerprint density at radius 1 is 1.11 bits per heavy atom. The highest BCUT2D eigenvalue weighted by atomic mass is 32.2. The van der Waals surface area contributed by atoms with Crippen LogP contribution in [0.4, 0.5) is 0 Å².